The molecule has 1 aliphatic rings. The van der Waals surface area contributed by atoms with Crippen molar-refractivity contribution < 1.29 is 28.8 Å². The highest BCUT2D eigenvalue weighted by molar-refractivity contribution is 5.92. The average Bonchev–Trinajstić information content (AvgIpc) is 2.56. The van der Waals surface area contributed by atoms with Gasteiger partial charge in [-0.05, 0) is 42.8 Å². The maximum Gasteiger partial charge on any atom is 0.373 e. The van der Waals surface area contributed by atoms with Gasteiger partial charge in [0.15, 0.2) is 0 Å². The van der Waals surface area contributed by atoms with Crippen LogP contribution in [0.3, 0.4) is 0 Å². The lowest BCUT2D eigenvalue weighted by atomic mass is 10.1. The zero-order valence-electron chi connectivity index (χ0n) is 12.6. The molecule has 0 aliphatic carbocycles. The maximum absolute atomic E-state index is 11.7. The van der Waals surface area contributed by atoms with Crippen LogP contribution < -0.4 is 4.74 Å². The van der Waals surface area contributed by atoms with Crippen molar-refractivity contribution in [1.82, 2.24) is 0 Å². The van der Waals surface area contributed by atoms with Crippen LogP contribution in [0, 0.1) is 6.92 Å². The summed E-state index contributed by atoms with van der Waals surface area (Å²) < 4.78 is 10.5. The molecule has 0 amide bonds. The molecule has 0 atom stereocenters. The summed E-state index contributed by atoms with van der Waals surface area (Å²) >= 11 is 0. The van der Waals surface area contributed by atoms with Gasteiger partial charge in [0.1, 0.15) is 18.1 Å². The molecule has 3 rings (SSSR count). The van der Waals surface area contributed by atoms with E-state index in [1.807, 2.05) is 6.92 Å². The fourth-order valence-corrected chi connectivity index (χ4v) is 2.27. The van der Waals surface area contributed by atoms with Crippen molar-refractivity contribution in [2.75, 3.05) is 7.11 Å². The summed E-state index contributed by atoms with van der Waals surface area (Å²) in [5, 5.41) is 0. The average molecular weight is 314 g/mol. The Morgan fingerprint density at radius 3 is 2.65 bits per heavy atom. The first-order valence-electron chi connectivity index (χ1n) is 6.92. The van der Waals surface area contributed by atoms with Crippen molar-refractivity contribution in [3.63, 3.8) is 0 Å². The van der Waals surface area contributed by atoms with Gasteiger partial charge in [-0.25, -0.2) is 9.59 Å². The van der Waals surface area contributed by atoms with Crippen molar-refractivity contribution in [3.05, 3.63) is 58.7 Å². The minimum absolute atomic E-state index is 0.166. The third kappa shape index (κ3) is 3.02. The van der Waals surface area contributed by atoms with Crippen LogP contribution in [-0.2, 0) is 21.1 Å². The summed E-state index contributed by atoms with van der Waals surface area (Å²) in [7, 11) is 1.33. The highest BCUT2D eigenvalue weighted by Gasteiger charge is 2.20. The number of esters is 1. The second-order valence-corrected chi connectivity index (χ2v) is 5.02. The number of hydrogen-bond acceptors (Lipinski definition) is 6. The van der Waals surface area contributed by atoms with E-state index in [4.69, 9.17) is 14.4 Å². The number of ether oxygens (including phenoxy) is 2. The molecule has 118 valence electrons. The van der Waals surface area contributed by atoms with Gasteiger partial charge in [0.05, 0.1) is 18.2 Å². The molecule has 2 aromatic rings. The van der Waals surface area contributed by atoms with Crippen LogP contribution in [0.1, 0.15) is 31.8 Å². The number of fused-ring (bicyclic) bond motifs is 1. The smallest absolute Gasteiger partial charge is 0.373 e. The largest absolute Gasteiger partial charge is 0.465 e. The zero-order chi connectivity index (χ0) is 16.4. The van der Waals surface area contributed by atoms with Crippen LogP contribution in [0.2, 0.25) is 0 Å². The van der Waals surface area contributed by atoms with Crippen LogP contribution in [0.25, 0.3) is 0 Å². The number of methoxy groups -OCH3 is 1. The lowest BCUT2D eigenvalue weighted by Crippen LogP contribution is -2.15. The molecule has 0 bridgehead atoms. The molecule has 0 spiro atoms. The number of hydrogen-bond donors (Lipinski definition) is 0. The summed E-state index contributed by atoms with van der Waals surface area (Å²) in [6.07, 6.45) is 0. The third-order valence-electron chi connectivity index (χ3n) is 3.50. The molecule has 2 aromatic carbocycles. The van der Waals surface area contributed by atoms with Crippen LogP contribution in [-0.4, -0.2) is 19.0 Å². The van der Waals surface area contributed by atoms with Crippen molar-refractivity contribution in [1.29, 1.82) is 0 Å². The zero-order valence-corrected chi connectivity index (χ0v) is 12.6. The molecule has 23 heavy (non-hydrogen) atoms. The molecule has 0 radical (unpaired) electrons. The fraction of sp³-hybridized carbons (Fsp3) is 0.176. The van der Waals surface area contributed by atoms with E-state index in [-0.39, 0.29) is 6.61 Å². The Hall–Kier alpha value is -2.86. The first-order valence-corrected chi connectivity index (χ1v) is 6.92. The number of rotatable bonds is 3. The molecule has 6 heteroatoms. The molecular weight excluding hydrogens is 300 g/mol. The molecule has 0 fully saturated rings. The Labute approximate surface area is 132 Å². The monoisotopic (exact) mass is 314 g/mol. The van der Waals surface area contributed by atoms with E-state index in [9.17, 15) is 9.59 Å². The first kappa shape index (κ1) is 15.1. The Morgan fingerprint density at radius 2 is 1.87 bits per heavy atom. The molecule has 6 nitrogen and oxygen atoms in total. The van der Waals surface area contributed by atoms with Crippen LogP contribution in [0.15, 0.2) is 36.4 Å². The Kier molecular flexibility index (Phi) is 3.99. The molecule has 0 aromatic heterocycles. The van der Waals surface area contributed by atoms with Crippen molar-refractivity contribution in [2.45, 2.75) is 13.5 Å². The van der Waals surface area contributed by atoms with Crippen LogP contribution >= 0.6 is 0 Å². The Balaban J connectivity index is 1.88. The molecule has 0 saturated heterocycles. The minimum Gasteiger partial charge on any atom is -0.465 e. The standard InChI is InChI=1S/C17H14O6/c1-10-3-4-13(8-15(10)16(18)20-2)22-12-5-6-14-11(7-12)9-21-23-17(14)19/h3-8H,9H2,1-2H3. The summed E-state index contributed by atoms with van der Waals surface area (Å²) in [5.41, 5.74) is 2.36. The van der Waals surface area contributed by atoms with Crippen molar-refractivity contribution >= 4 is 11.9 Å². The SMILES string of the molecule is COC(=O)c1cc(Oc2ccc3c(c2)COOC3=O)ccc1C. The van der Waals surface area contributed by atoms with Gasteiger partial charge in [-0.1, -0.05) is 6.07 Å². The summed E-state index contributed by atoms with van der Waals surface area (Å²) in [4.78, 5) is 32.5. The van der Waals surface area contributed by atoms with Crippen molar-refractivity contribution in [2.24, 2.45) is 0 Å². The predicted molar refractivity (Wildman–Crippen MR) is 79.2 cm³/mol. The number of aryl methyl sites for hydroxylation is 1. The summed E-state index contributed by atoms with van der Waals surface area (Å²) in [5.74, 6) is 0.0765. The fourth-order valence-electron chi connectivity index (χ4n) is 2.27. The minimum atomic E-state index is -0.527. The number of carbonyl (C=O) groups is 2. The molecule has 1 aliphatic heterocycles. The van der Waals surface area contributed by atoms with E-state index >= 15 is 0 Å². The van der Waals surface area contributed by atoms with Gasteiger partial charge in [-0.15, -0.1) is 0 Å². The van der Waals surface area contributed by atoms with E-state index < -0.39 is 11.9 Å². The van der Waals surface area contributed by atoms with Crippen LogP contribution in [0.4, 0.5) is 0 Å². The Morgan fingerprint density at radius 1 is 1.13 bits per heavy atom. The van der Waals surface area contributed by atoms with Gasteiger partial charge in [0.25, 0.3) is 0 Å². The normalized spacial score (nSPS) is 13.0. The van der Waals surface area contributed by atoms with E-state index in [2.05, 4.69) is 4.89 Å². The van der Waals surface area contributed by atoms with E-state index in [0.29, 0.717) is 28.2 Å². The van der Waals surface area contributed by atoms with Gasteiger partial charge < -0.3 is 9.47 Å². The molecule has 1 heterocycles. The highest BCUT2D eigenvalue weighted by atomic mass is 17.2. The van der Waals surface area contributed by atoms with Gasteiger partial charge in [0.2, 0.25) is 0 Å². The number of carbonyl (C=O) groups excluding carboxylic acids is 2. The van der Waals surface area contributed by atoms with E-state index in [1.165, 1.54) is 7.11 Å². The second kappa shape index (κ2) is 6.10. The first-order chi connectivity index (χ1) is 11.1. The van der Waals surface area contributed by atoms with E-state index in [0.717, 1.165) is 5.56 Å². The Bertz CT molecular complexity index is 781. The van der Waals surface area contributed by atoms with Gasteiger partial charge >= 0.3 is 11.9 Å². The number of benzene rings is 2. The van der Waals surface area contributed by atoms with Gasteiger partial charge in [-0.2, -0.15) is 4.89 Å². The summed E-state index contributed by atoms with van der Waals surface area (Å²) in [6, 6.07) is 10.1. The molecular formula is C17H14O6. The maximum atomic E-state index is 11.7. The molecule has 0 saturated carbocycles. The van der Waals surface area contributed by atoms with Crippen molar-refractivity contribution in [3.8, 4) is 11.5 Å². The lowest BCUT2D eigenvalue weighted by molar-refractivity contribution is -0.256. The second-order valence-electron chi connectivity index (χ2n) is 5.02. The van der Waals surface area contributed by atoms with Gasteiger partial charge in [0, 0.05) is 5.56 Å². The predicted octanol–water partition coefficient (Wildman–Crippen LogP) is 3.18. The topological polar surface area (TPSA) is 71.1 Å². The van der Waals surface area contributed by atoms with Gasteiger partial charge in [-0.3, -0.25) is 4.89 Å². The van der Waals surface area contributed by atoms with Crippen LogP contribution in [0.5, 0.6) is 11.5 Å². The lowest BCUT2D eigenvalue weighted by Gasteiger charge is -2.15. The summed E-state index contributed by atoms with van der Waals surface area (Å²) in [6.45, 7) is 1.98. The van der Waals surface area contributed by atoms with E-state index in [1.54, 1.807) is 36.4 Å². The molecule has 0 unspecified atom stereocenters. The molecule has 0 N–H and O–H groups in total. The quantitative estimate of drug-likeness (QED) is 0.640. The third-order valence-corrected chi connectivity index (χ3v) is 3.50. The highest BCUT2D eigenvalue weighted by Crippen LogP contribution is 2.28.